The highest BCUT2D eigenvalue weighted by Crippen LogP contribution is 2.23. The summed E-state index contributed by atoms with van der Waals surface area (Å²) in [4.78, 5) is 21.9. The zero-order valence-corrected chi connectivity index (χ0v) is 14.5. The molecule has 0 saturated carbocycles. The molecule has 1 aromatic carbocycles. The number of pyridine rings is 1. The fourth-order valence-electron chi connectivity index (χ4n) is 2.55. The second-order valence-electron chi connectivity index (χ2n) is 5.50. The highest BCUT2D eigenvalue weighted by molar-refractivity contribution is 7.98. The molecule has 0 fully saturated rings. The average molecular weight is 341 g/mol. The summed E-state index contributed by atoms with van der Waals surface area (Å²) in [7, 11) is 1.64. The van der Waals surface area contributed by atoms with Crippen molar-refractivity contribution in [3.05, 3.63) is 64.7 Å². The molecule has 0 saturated heterocycles. The van der Waals surface area contributed by atoms with Gasteiger partial charge in [-0.25, -0.2) is 4.98 Å². The molecule has 0 aliphatic heterocycles. The van der Waals surface area contributed by atoms with Gasteiger partial charge in [-0.3, -0.25) is 14.3 Å². The number of benzene rings is 1. The van der Waals surface area contributed by atoms with Crippen LogP contribution < -0.4 is 5.56 Å². The Bertz CT molecular complexity index is 880. The van der Waals surface area contributed by atoms with Gasteiger partial charge in [0.1, 0.15) is 0 Å². The lowest BCUT2D eigenvalue weighted by atomic mass is 10.2. The fourth-order valence-corrected chi connectivity index (χ4v) is 3.57. The van der Waals surface area contributed by atoms with Gasteiger partial charge in [0, 0.05) is 19.1 Å². The van der Waals surface area contributed by atoms with Gasteiger partial charge in [-0.1, -0.05) is 30.0 Å². The lowest BCUT2D eigenvalue weighted by Crippen LogP contribution is -2.28. The summed E-state index contributed by atoms with van der Waals surface area (Å²) in [6.07, 6.45) is 1.77. The van der Waals surface area contributed by atoms with E-state index in [0.29, 0.717) is 28.4 Å². The molecule has 0 bridgehead atoms. The van der Waals surface area contributed by atoms with Gasteiger partial charge >= 0.3 is 0 Å². The predicted octanol–water partition coefficient (Wildman–Crippen LogP) is 3.29. The van der Waals surface area contributed by atoms with Gasteiger partial charge in [0.2, 0.25) is 0 Å². The Balaban J connectivity index is 2.03. The van der Waals surface area contributed by atoms with Crippen LogP contribution in [-0.2, 0) is 10.5 Å². The maximum Gasteiger partial charge on any atom is 0.262 e. The SMILES string of the molecule is COC[C@@H](C)n1c(SCc2ccccn2)nc2ccccc2c1=O. The largest absolute Gasteiger partial charge is 0.383 e. The van der Waals surface area contributed by atoms with Crippen molar-refractivity contribution in [1.29, 1.82) is 0 Å². The molecule has 6 heteroatoms. The van der Waals surface area contributed by atoms with Gasteiger partial charge in [-0.15, -0.1) is 0 Å². The predicted molar refractivity (Wildman–Crippen MR) is 96.4 cm³/mol. The zero-order chi connectivity index (χ0) is 16.9. The molecular formula is C18H19N3O2S. The van der Waals surface area contributed by atoms with Crippen LogP contribution in [0.2, 0.25) is 0 Å². The first-order chi connectivity index (χ1) is 11.7. The summed E-state index contributed by atoms with van der Waals surface area (Å²) in [5.74, 6) is 0.658. The van der Waals surface area contributed by atoms with E-state index >= 15 is 0 Å². The highest BCUT2D eigenvalue weighted by atomic mass is 32.2. The van der Waals surface area contributed by atoms with Crippen molar-refractivity contribution in [3.63, 3.8) is 0 Å². The molecule has 2 heterocycles. The first kappa shape index (κ1) is 16.7. The van der Waals surface area contributed by atoms with Gasteiger partial charge in [0.25, 0.3) is 5.56 Å². The molecule has 0 N–H and O–H groups in total. The minimum atomic E-state index is -0.0918. The highest BCUT2D eigenvalue weighted by Gasteiger charge is 2.16. The van der Waals surface area contributed by atoms with Gasteiger partial charge < -0.3 is 4.74 Å². The second kappa shape index (κ2) is 7.59. The van der Waals surface area contributed by atoms with Crippen molar-refractivity contribution in [2.75, 3.05) is 13.7 Å². The fraction of sp³-hybridized carbons (Fsp3) is 0.278. The average Bonchev–Trinajstić information content (AvgIpc) is 2.61. The molecule has 0 aliphatic rings. The molecule has 124 valence electrons. The van der Waals surface area contributed by atoms with Crippen LogP contribution in [0.15, 0.2) is 58.6 Å². The van der Waals surface area contributed by atoms with Crippen LogP contribution in [0.3, 0.4) is 0 Å². The Hall–Kier alpha value is -2.18. The Labute approximate surface area is 144 Å². The van der Waals surface area contributed by atoms with Crippen LogP contribution in [0.4, 0.5) is 0 Å². The Morgan fingerprint density at radius 2 is 2.00 bits per heavy atom. The van der Waals surface area contributed by atoms with Crippen LogP contribution in [0.5, 0.6) is 0 Å². The quantitative estimate of drug-likeness (QED) is 0.509. The molecule has 0 spiro atoms. The molecule has 0 amide bonds. The van der Waals surface area contributed by atoms with Crippen molar-refractivity contribution in [3.8, 4) is 0 Å². The van der Waals surface area contributed by atoms with E-state index in [0.717, 1.165) is 5.69 Å². The summed E-state index contributed by atoms with van der Waals surface area (Å²) in [6, 6.07) is 13.2. The smallest absolute Gasteiger partial charge is 0.262 e. The number of para-hydroxylation sites is 1. The minimum absolute atomic E-state index is 0.0336. The maximum absolute atomic E-state index is 12.9. The monoisotopic (exact) mass is 341 g/mol. The van der Waals surface area contributed by atoms with E-state index in [2.05, 4.69) is 4.98 Å². The molecule has 24 heavy (non-hydrogen) atoms. The number of hydrogen-bond donors (Lipinski definition) is 0. The summed E-state index contributed by atoms with van der Waals surface area (Å²) in [5.41, 5.74) is 1.64. The number of nitrogens with zero attached hydrogens (tertiary/aromatic N) is 3. The summed E-state index contributed by atoms with van der Waals surface area (Å²) in [6.45, 7) is 2.42. The number of fused-ring (bicyclic) bond motifs is 1. The van der Waals surface area contributed by atoms with E-state index in [1.165, 1.54) is 11.8 Å². The lowest BCUT2D eigenvalue weighted by molar-refractivity contribution is 0.156. The van der Waals surface area contributed by atoms with Crippen molar-refractivity contribution < 1.29 is 4.74 Å². The molecule has 0 unspecified atom stereocenters. The van der Waals surface area contributed by atoms with Gasteiger partial charge in [-0.2, -0.15) is 0 Å². The molecule has 3 rings (SSSR count). The topological polar surface area (TPSA) is 57.0 Å². The van der Waals surface area contributed by atoms with Crippen LogP contribution >= 0.6 is 11.8 Å². The standard InChI is InChI=1S/C18H19N3O2S/c1-13(11-23-2)21-17(22)15-8-3-4-9-16(15)20-18(21)24-12-14-7-5-6-10-19-14/h3-10,13H,11-12H2,1-2H3/t13-/m1/s1. The Morgan fingerprint density at radius 1 is 1.21 bits per heavy atom. The van der Waals surface area contributed by atoms with Crippen molar-refractivity contribution in [2.24, 2.45) is 0 Å². The van der Waals surface area contributed by atoms with E-state index in [1.54, 1.807) is 17.9 Å². The first-order valence-electron chi connectivity index (χ1n) is 7.73. The molecule has 5 nitrogen and oxygen atoms in total. The third-order valence-electron chi connectivity index (χ3n) is 3.70. The number of rotatable bonds is 6. The van der Waals surface area contributed by atoms with Gasteiger partial charge in [0.05, 0.1) is 29.2 Å². The summed E-state index contributed by atoms with van der Waals surface area (Å²) >= 11 is 1.52. The third kappa shape index (κ3) is 3.49. The van der Waals surface area contributed by atoms with E-state index in [1.807, 2.05) is 49.4 Å². The summed E-state index contributed by atoms with van der Waals surface area (Å²) in [5, 5.41) is 1.32. The molecule has 0 aliphatic carbocycles. The van der Waals surface area contributed by atoms with Crippen LogP contribution in [0.25, 0.3) is 10.9 Å². The number of thioether (sulfide) groups is 1. The van der Waals surface area contributed by atoms with Gasteiger partial charge in [-0.05, 0) is 31.2 Å². The van der Waals surface area contributed by atoms with E-state index in [-0.39, 0.29) is 11.6 Å². The van der Waals surface area contributed by atoms with E-state index in [4.69, 9.17) is 9.72 Å². The first-order valence-corrected chi connectivity index (χ1v) is 8.72. The minimum Gasteiger partial charge on any atom is -0.383 e. The normalized spacial score (nSPS) is 12.4. The number of ether oxygens (including phenoxy) is 1. The zero-order valence-electron chi connectivity index (χ0n) is 13.7. The Morgan fingerprint density at radius 3 is 2.75 bits per heavy atom. The molecular weight excluding hydrogens is 322 g/mol. The maximum atomic E-state index is 12.9. The van der Waals surface area contributed by atoms with Crippen LogP contribution in [0, 0.1) is 0 Å². The van der Waals surface area contributed by atoms with Crippen molar-refractivity contribution in [1.82, 2.24) is 14.5 Å². The number of aromatic nitrogens is 3. The molecule has 3 aromatic rings. The molecule has 1 atom stereocenters. The number of methoxy groups -OCH3 is 1. The summed E-state index contributed by atoms with van der Waals surface area (Å²) < 4.78 is 6.96. The van der Waals surface area contributed by atoms with Crippen molar-refractivity contribution in [2.45, 2.75) is 23.9 Å². The van der Waals surface area contributed by atoms with Gasteiger partial charge in [0.15, 0.2) is 5.16 Å². The molecule has 2 aromatic heterocycles. The number of hydrogen-bond acceptors (Lipinski definition) is 5. The lowest BCUT2D eigenvalue weighted by Gasteiger charge is -2.18. The van der Waals surface area contributed by atoms with E-state index in [9.17, 15) is 4.79 Å². The van der Waals surface area contributed by atoms with Crippen LogP contribution in [-0.4, -0.2) is 28.3 Å². The third-order valence-corrected chi connectivity index (χ3v) is 4.69. The Kier molecular flexibility index (Phi) is 5.27. The molecule has 0 radical (unpaired) electrons. The van der Waals surface area contributed by atoms with Crippen LogP contribution in [0.1, 0.15) is 18.7 Å². The second-order valence-corrected chi connectivity index (χ2v) is 6.44. The van der Waals surface area contributed by atoms with E-state index < -0.39 is 0 Å². The van der Waals surface area contributed by atoms with Crippen molar-refractivity contribution >= 4 is 22.7 Å².